The Balaban J connectivity index is 2.09. The Morgan fingerprint density at radius 2 is 1.95 bits per heavy atom. The molecule has 1 atom stereocenters. The Labute approximate surface area is 126 Å². The van der Waals surface area contributed by atoms with Gasteiger partial charge in [-0.05, 0) is 55.5 Å². The minimum Gasteiger partial charge on any atom is -0.338 e. The molecule has 0 N–H and O–H groups in total. The van der Waals surface area contributed by atoms with Crippen molar-refractivity contribution in [3.63, 3.8) is 0 Å². The van der Waals surface area contributed by atoms with Crippen molar-refractivity contribution in [2.75, 3.05) is 4.90 Å². The molecule has 0 saturated carbocycles. The molecule has 0 radical (unpaired) electrons. The van der Waals surface area contributed by atoms with Crippen LogP contribution in [0.25, 0.3) is 0 Å². The number of aryl methyl sites for hydroxylation is 2. The Kier molecular flexibility index (Phi) is 3.71. The lowest BCUT2D eigenvalue weighted by molar-refractivity contribution is 0.617. The van der Waals surface area contributed by atoms with Gasteiger partial charge in [0.05, 0.1) is 0 Å². The number of hydrogen-bond acceptors (Lipinski definition) is 1. The van der Waals surface area contributed by atoms with E-state index in [1.807, 2.05) is 0 Å². The molecule has 0 amide bonds. The fourth-order valence-corrected chi connectivity index (χ4v) is 3.29. The largest absolute Gasteiger partial charge is 0.338 e. The highest BCUT2D eigenvalue weighted by atomic mass is 35.5. The van der Waals surface area contributed by atoms with Crippen molar-refractivity contribution in [3.05, 3.63) is 59.2 Å². The fourth-order valence-electron chi connectivity index (χ4n) is 3.13. The van der Waals surface area contributed by atoms with E-state index in [1.165, 1.54) is 40.9 Å². The summed E-state index contributed by atoms with van der Waals surface area (Å²) >= 11 is 5.93. The van der Waals surface area contributed by atoms with Crippen LogP contribution in [-0.2, 0) is 12.3 Å². The molecular weight excluding hydrogens is 266 g/mol. The maximum absolute atomic E-state index is 5.93. The minimum absolute atomic E-state index is 0.533. The molecule has 1 aliphatic heterocycles. The Morgan fingerprint density at radius 3 is 2.70 bits per heavy atom. The second-order valence-corrected chi connectivity index (χ2v) is 5.91. The maximum Gasteiger partial charge on any atom is 0.0474 e. The standard InChI is InChI=1S/C18H20ClN/c1-13-11-15(12-19)8-10-17(13)20-14(2)7-9-16-5-3-4-6-18(16)20/h3-6,8,10-11,14H,7,9,12H2,1-2H3. The second kappa shape index (κ2) is 5.49. The van der Waals surface area contributed by atoms with Crippen LogP contribution in [0, 0.1) is 6.92 Å². The fraction of sp³-hybridized carbons (Fsp3) is 0.333. The monoisotopic (exact) mass is 285 g/mol. The van der Waals surface area contributed by atoms with Gasteiger partial charge in [-0.1, -0.05) is 30.3 Å². The lowest BCUT2D eigenvalue weighted by Crippen LogP contribution is -2.33. The van der Waals surface area contributed by atoms with Crippen molar-refractivity contribution in [1.82, 2.24) is 0 Å². The molecule has 3 rings (SSSR count). The molecule has 1 heterocycles. The molecule has 0 fully saturated rings. The predicted octanol–water partition coefficient (Wildman–Crippen LogP) is 5.21. The molecule has 20 heavy (non-hydrogen) atoms. The predicted molar refractivity (Wildman–Crippen MR) is 87.1 cm³/mol. The molecule has 0 aromatic heterocycles. The molecule has 1 aliphatic rings. The molecule has 2 aromatic carbocycles. The van der Waals surface area contributed by atoms with Crippen LogP contribution < -0.4 is 4.90 Å². The zero-order chi connectivity index (χ0) is 14.1. The van der Waals surface area contributed by atoms with E-state index in [0.717, 1.165) is 0 Å². The lowest BCUT2D eigenvalue weighted by atomic mass is 9.95. The van der Waals surface area contributed by atoms with Gasteiger partial charge >= 0.3 is 0 Å². The number of hydrogen-bond donors (Lipinski definition) is 0. The molecule has 1 nitrogen and oxygen atoms in total. The van der Waals surface area contributed by atoms with Crippen molar-refractivity contribution in [2.45, 2.75) is 38.6 Å². The van der Waals surface area contributed by atoms with Crippen LogP contribution in [0.2, 0.25) is 0 Å². The third-order valence-corrected chi connectivity index (χ3v) is 4.51. The van der Waals surface area contributed by atoms with Crippen LogP contribution in [-0.4, -0.2) is 6.04 Å². The molecule has 0 spiro atoms. The smallest absolute Gasteiger partial charge is 0.0474 e. The van der Waals surface area contributed by atoms with E-state index in [0.29, 0.717) is 11.9 Å². The number of nitrogens with zero attached hydrogens (tertiary/aromatic N) is 1. The van der Waals surface area contributed by atoms with E-state index in [1.54, 1.807) is 0 Å². The maximum atomic E-state index is 5.93. The molecule has 0 bridgehead atoms. The van der Waals surface area contributed by atoms with Gasteiger partial charge in [0.1, 0.15) is 0 Å². The van der Waals surface area contributed by atoms with Gasteiger partial charge in [-0.2, -0.15) is 0 Å². The van der Waals surface area contributed by atoms with E-state index in [-0.39, 0.29) is 0 Å². The summed E-state index contributed by atoms with van der Waals surface area (Å²) in [5.41, 5.74) is 6.59. The highest BCUT2D eigenvalue weighted by Gasteiger charge is 2.24. The average molecular weight is 286 g/mol. The highest BCUT2D eigenvalue weighted by Crippen LogP contribution is 2.38. The third kappa shape index (κ3) is 2.31. The summed E-state index contributed by atoms with van der Waals surface area (Å²) in [4.78, 5) is 2.48. The minimum atomic E-state index is 0.533. The van der Waals surface area contributed by atoms with E-state index in [4.69, 9.17) is 11.6 Å². The Morgan fingerprint density at radius 1 is 1.15 bits per heavy atom. The van der Waals surface area contributed by atoms with E-state index in [9.17, 15) is 0 Å². The number of rotatable bonds is 2. The summed E-state index contributed by atoms with van der Waals surface area (Å²) in [5.74, 6) is 0.577. The first-order valence-electron chi connectivity index (χ1n) is 7.23. The topological polar surface area (TPSA) is 3.24 Å². The van der Waals surface area contributed by atoms with Crippen LogP contribution >= 0.6 is 11.6 Å². The molecule has 2 heteroatoms. The third-order valence-electron chi connectivity index (χ3n) is 4.20. The number of fused-ring (bicyclic) bond motifs is 1. The van der Waals surface area contributed by atoms with Gasteiger partial charge in [-0.25, -0.2) is 0 Å². The zero-order valence-electron chi connectivity index (χ0n) is 12.1. The molecule has 104 valence electrons. The van der Waals surface area contributed by atoms with Crippen molar-refractivity contribution in [2.24, 2.45) is 0 Å². The molecule has 0 saturated heterocycles. The van der Waals surface area contributed by atoms with Gasteiger partial charge in [-0.15, -0.1) is 11.6 Å². The first-order chi connectivity index (χ1) is 9.70. The number of benzene rings is 2. The summed E-state index contributed by atoms with van der Waals surface area (Å²) in [5, 5.41) is 0. The molecule has 2 aromatic rings. The van der Waals surface area contributed by atoms with Crippen molar-refractivity contribution < 1.29 is 0 Å². The Hall–Kier alpha value is -1.47. The quantitative estimate of drug-likeness (QED) is 0.685. The zero-order valence-corrected chi connectivity index (χ0v) is 12.8. The van der Waals surface area contributed by atoms with Gasteiger partial charge in [0.2, 0.25) is 0 Å². The van der Waals surface area contributed by atoms with Gasteiger partial charge in [0.25, 0.3) is 0 Å². The first-order valence-corrected chi connectivity index (χ1v) is 7.77. The SMILES string of the molecule is Cc1cc(CCl)ccc1N1c2ccccc2CCC1C. The Bertz CT molecular complexity index is 621. The molecule has 1 unspecified atom stereocenters. The van der Waals surface area contributed by atoms with Gasteiger partial charge < -0.3 is 4.90 Å². The normalized spacial score (nSPS) is 17.9. The van der Waals surface area contributed by atoms with Gasteiger partial charge in [0.15, 0.2) is 0 Å². The van der Waals surface area contributed by atoms with Gasteiger partial charge in [0, 0.05) is 23.3 Å². The van der Waals surface area contributed by atoms with Crippen molar-refractivity contribution in [1.29, 1.82) is 0 Å². The number of halogens is 1. The summed E-state index contributed by atoms with van der Waals surface area (Å²) in [6, 6.07) is 15.8. The van der Waals surface area contributed by atoms with Crippen LogP contribution in [0.3, 0.4) is 0 Å². The first kappa shape index (κ1) is 13.5. The van der Waals surface area contributed by atoms with E-state index in [2.05, 4.69) is 61.2 Å². The van der Waals surface area contributed by atoms with E-state index >= 15 is 0 Å². The molecular formula is C18H20ClN. The lowest BCUT2D eigenvalue weighted by Gasteiger charge is -2.38. The second-order valence-electron chi connectivity index (χ2n) is 5.64. The summed E-state index contributed by atoms with van der Waals surface area (Å²) in [6.07, 6.45) is 2.38. The molecule has 0 aliphatic carbocycles. The van der Waals surface area contributed by atoms with Crippen LogP contribution in [0.1, 0.15) is 30.0 Å². The van der Waals surface area contributed by atoms with Crippen molar-refractivity contribution in [3.8, 4) is 0 Å². The number of anilines is 2. The van der Waals surface area contributed by atoms with Crippen LogP contribution in [0.15, 0.2) is 42.5 Å². The van der Waals surface area contributed by atoms with Gasteiger partial charge in [-0.3, -0.25) is 0 Å². The summed E-state index contributed by atoms with van der Waals surface area (Å²) < 4.78 is 0. The number of alkyl halides is 1. The van der Waals surface area contributed by atoms with Crippen LogP contribution in [0.4, 0.5) is 11.4 Å². The van der Waals surface area contributed by atoms with E-state index < -0.39 is 0 Å². The average Bonchev–Trinajstić information content (AvgIpc) is 2.48. The highest BCUT2D eigenvalue weighted by molar-refractivity contribution is 6.17. The van der Waals surface area contributed by atoms with Crippen LogP contribution in [0.5, 0.6) is 0 Å². The summed E-state index contributed by atoms with van der Waals surface area (Å²) in [7, 11) is 0. The van der Waals surface area contributed by atoms with Crippen molar-refractivity contribution >= 4 is 23.0 Å². The summed E-state index contributed by atoms with van der Waals surface area (Å²) in [6.45, 7) is 4.49. The number of para-hydroxylation sites is 1.